The second-order valence-electron chi connectivity index (χ2n) is 8.97. The number of carbonyl (C=O) groups excluding carboxylic acids is 2. The molecule has 1 fully saturated rings. The number of halogens is 2. The standard InChI is InChI=1S/C28H23F2N5O3/c1-32-26(37)22-21-14-20(17-3-2-4-18(13-17)25(36)35-28(15-31)9-10-28)24(33-12-11-29)34-27(21)38-23(22)16-5-7-19(30)8-6-16/h2-8,13-14H,9-12H2,1H3,(H,32,37)(H,33,34)(H,35,36). The van der Waals surface area contributed by atoms with Crippen molar-refractivity contribution in [3.63, 3.8) is 0 Å². The molecular weight excluding hydrogens is 492 g/mol. The van der Waals surface area contributed by atoms with Crippen LogP contribution in [-0.4, -0.2) is 42.6 Å². The SMILES string of the molecule is CNC(=O)c1c(-c2ccc(F)cc2)oc2nc(NCCF)c(-c3cccc(C(=O)NC4(C#N)CC4)c3)cc12. The third-order valence-corrected chi connectivity index (χ3v) is 6.38. The molecule has 0 saturated heterocycles. The van der Waals surface area contributed by atoms with Crippen molar-refractivity contribution in [3.05, 3.63) is 71.5 Å². The van der Waals surface area contributed by atoms with Gasteiger partial charge >= 0.3 is 0 Å². The lowest BCUT2D eigenvalue weighted by atomic mass is 9.99. The number of fused-ring (bicyclic) bond motifs is 1. The van der Waals surface area contributed by atoms with Gasteiger partial charge in [0.2, 0.25) is 5.71 Å². The van der Waals surface area contributed by atoms with E-state index in [9.17, 15) is 23.6 Å². The molecule has 4 aromatic rings. The van der Waals surface area contributed by atoms with Crippen molar-refractivity contribution < 1.29 is 22.8 Å². The molecule has 2 amide bonds. The second kappa shape index (κ2) is 9.94. The number of benzene rings is 2. The molecule has 2 aromatic carbocycles. The molecule has 1 saturated carbocycles. The molecule has 5 rings (SSSR count). The van der Waals surface area contributed by atoms with E-state index in [1.54, 1.807) is 30.3 Å². The van der Waals surface area contributed by atoms with Crippen molar-refractivity contribution in [1.29, 1.82) is 5.26 Å². The minimum Gasteiger partial charge on any atom is -0.437 e. The summed E-state index contributed by atoms with van der Waals surface area (Å²) < 4.78 is 32.6. The van der Waals surface area contributed by atoms with Gasteiger partial charge in [-0.25, -0.2) is 8.78 Å². The van der Waals surface area contributed by atoms with E-state index in [0.29, 0.717) is 46.3 Å². The van der Waals surface area contributed by atoms with Crippen LogP contribution in [0.25, 0.3) is 33.6 Å². The fraction of sp³-hybridized carbons (Fsp3) is 0.214. The Labute approximate surface area is 216 Å². The lowest BCUT2D eigenvalue weighted by Gasteiger charge is -2.13. The molecule has 2 heterocycles. The topological polar surface area (TPSA) is 120 Å². The number of alkyl halides is 1. The quantitative estimate of drug-likeness (QED) is 0.309. The highest BCUT2D eigenvalue weighted by Gasteiger charge is 2.44. The summed E-state index contributed by atoms with van der Waals surface area (Å²) in [4.78, 5) is 30.3. The zero-order valence-corrected chi connectivity index (χ0v) is 20.4. The van der Waals surface area contributed by atoms with Crippen molar-refractivity contribution in [2.24, 2.45) is 0 Å². The van der Waals surface area contributed by atoms with Crippen molar-refractivity contribution in [2.75, 3.05) is 25.6 Å². The van der Waals surface area contributed by atoms with Crippen LogP contribution >= 0.6 is 0 Å². The normalized spacial score (nSPS) is 13.5. The molecule has 1 aliphatic rings. The van der Waals surface area contributed by atoms with Gasteiger partial charge in [-0.05, 0) is 60.9 Å². The molecule has 0 unspecified atom stereocenters. The number of nitrogens with one attached hydrogen (secondary N) is 3. The van der Waals surface area contributed by atoms with E-state index >= 15 is 0 Å². The van der Waals surface area contributed by atoms with Gasteiger partial charge in [0.25, 0.3) is 11.8 Å². The fourth-order valence-electron chi connectivity index (χ4n) is 4.21. The number of hydrogen-bond acceptors (Lipinski definition) is 6. The lowest BCUT2D eigenvalue weighted by Crippen LogP contribution is -2.35. The summed E-state index contributed by atoms with van der Waals surface area (Å²) in [6, 6.07) is 16.1. The van der Waals surface area contributed by atoms with Crippen LogP contribution in [0.2, 0.25) is 0 Å². The smallest absolute Gasteiger partial charge is 0.255 e. The van der Waals surface area contributed by atoms with Crippen molar-refractivity contribution in [1.82, 2.24) is 15.6 Å². The Kier molecular flexibility index (Phi) is 6.51. The van der Waals surface area contributed by atoms with Crippen LogP contribution in [0.4, 0.5) is 14.6 Å². The maximum Gasteiger partial charge on any atom is 0.255 e. The Balaban J connectivity index is 1.65. The van der Waals surface area contributed by atoms with Gasteiger partial charge in [-0.2, -0.15) is 10.2 Å². The molecule has 10 heteroatoms. The molecule has 8 nitrogen and oxygen atoms in total. The summed E-state index contributed by atoms with van der Waals surface area (Å²) in [6.45, 7) is -0.676. The molecule has 38 heavy (non-hydrogen) atoms. The summed E-state index contributed by atoms with van der Waals surface area (Å²) in [5.41, 5.74) is 1.43. The Morgan fingerprint density at radius 3 is 2.53 bits per heavy atom. The molecule has 1 aliphatic carbocycles. The van der Waals surface area contributed by atoms with Crippen LogP contribution in [-0.2, 0) is 0 Å². The molecule has 2 aromatic heterocycles. The third-order valence-electron chi connectivity index (χ3n) is 6.38. The zero-order chi connectivity index (χ0) is 26.9. The minimum atomic E-state index is -0.822. The summed E-state index contributed by atoms with van der Waals surface area (Å²) in [7, 11) is 1.48. The summed E-state index contributed by atoms with van der Waals surface area (Å²) in [5.74, 6) is -0.743. The van der Waals surface area contributed by atoms with E-state index in [-0.39, 0.29) is 29.5 Å². The lowest BCUT2D eigenvalue weighted by molar-refractivity contribution is 0.0939. The Morgan fingerprint density at radius 2 is 1.87 bits per heavy atom. The molecule has 0 spiro atoms. The average Bonchev–Trinajstić information content (AvgIpc) is 3.62. The Hall–Kier alpha value is -4.78. The zero-order valence-electron chi connectivity index (χ0n) is 20.4. The molecule has 3 N–H and O–H groups in total. The van der Waals surface area contributed by atoms with E-state index in [4.69, 9.17) is 4.42 Å². The largest absolute Gasteiger partial charge is 0.437 e. The van der Waals surface area contributed by atoms with Crippen LogP contribution in [0, 0.1) is 17.1 Å². The highest BCUT2D eigenvalue weighted by Crippen LogP contribution is 2.38. The van der Waals surface area contributed by atoms with Crippen LogP contribution in [0.3, 0.4) is 0 Å². The van der Waals surface area contributed by atoms with Gasteiger partial charge in [-0.15, -0.1) is 0 Å². The van der Waals surface area contributed by atoms with Gasteiger partial charge in [0.05, 0.1) is 17.0 Å². The highest BCUT2D eigenvalue weighted by molar-refractivity contribution is 6.11. The number of amides is 2. The number of furan rings is 1. The highest BCUT2D eigenvalue weighted by atomic mass is 19.1. The maximum atomic E-state index is 13.5. The number of carbonyl (C=O) groups is 2. The first-order valence-corrected chi connectivity index (χ1v) is 12.0. The number of nitriles is 1. The van der Waals surface area contributed by atoms with Gasteiger partial charge in [0, 0.05) is 30.3 Å². The number of rotatable bonds is 8. The van der Waals surface area contributed by atoms with Crippen molar-refractivity contribution in [3.8, 4) is 28.5 Å². The van der Waals surface area contributed by atoms with E-state index < -0.39 is 23.9 Å². The van der Waals surface area contributed by atoms with Gasteiger partial charge in [0.1, 0.15) is 29.6 Å². The number of nitrogens with zero attached hydrogens (tertiary/aromatic N) is 2. The molecule has 0 aliphatic heterocycles. The van der Waals surface area contributed by atoms with Gasteiger partial charge < -0.3 is 20.4 Å². The number of anilines is 1. The number of hydrogen-bond donors (Lipinski definition) is 3. The van der Waals surface area contributed by atoms with E-state index in [0.717, 1.165) is 0 Å². The van der Waals surface area contributed by atoms with Crippen LogP contribution in [0.5, 0.6) is 0 Å². The first-order valence-electron chi connectivity index (χ1n) is 12.0. The molecule has 0 atom stereocenters. The van der Waals surface area contributed by atoms with Gasteiger partial charge in [0.15, 0.2) is 0 Å². The van der Waals surface area contributed by atoms with Gasteiger partial charge in [-0.1, -0.05) is 12.1 Å². The predicted octanol–water partition coefficient (Wildman–Crippen LogP) is 4.83. The van der Waals surface area contributed by atoms with Crippen molar-refractivity contribution in [2.45, 2.75) is 18.4 Å². The van der Waals surface area contributed by atoms with Crippen molar-refractivity contribution >= 4 is 28.7 Å². The minimum absolute atomic E-state index is 0.0236. The summed E-state index contributed by atoms with van der Waals surface area (Å²) in [6.07, 6.45) is 1.21. The number of pyridine rings is 1. The predicted molar refractivity (Wildman–Crippen MR) is 138 cm³/mol. The van der Waals surface area contributed by atoms with E-state index in [1.165, 1.54) is 31.3 Å². The van der Waals surface area contributed by atoms with Crippen LogP contribution in [0.1, 0.15) is 33.6 Å². The first-order chi connectivity index (χ1) is 18.4. The monoisotopic (exact) mass is 515 g/mol. The first kappa shape index (κ1) is 24.9. The van der Waals surface area contributed by atoms with Crippen LogP contribution < -0.4 is 16.0 Å². The summed E-state index contributed by atoms with van der Waals surface area (Å²) >= 11 is 0. The average molecular weight is 516 g/mol. The molecule has 0 radical (unpaired) electrons. The molecule has 0 bridgehead atoms. The van der Waals surface area contributed by atoms with E-state index in [1.807, 2.05) is 0 Å². The maximum absolute atomic E-state index is 13.5. The molecular formula is C28H23F2N5O3. The summed E-state index contributed by atoms with van der Waals surface area (Å²) in [5, 5.41) is 18.0. The van der Waals surface area contributed by atoms with Crippen LogP contribution in [0.15, 0.2) is 59.0 Å². The Bertz CT molecular complexity index is 1590. The number of aromatic nitrogens is 1. The molecule has 192 valence electrons. The fourth-order valence-corrected chi connectivity index (χ4v) is 4.21. The van der Waals surface area contributed by atoms with E-state index in [2.05, 4.69) is 27.0 Å². The Morgan fingerprint density at radius 1 is 1.11 bits per heavy atom. The third kappa shape index (κ3) is 4.66. The van der Waals surface area contributed by atoms with Gasteiger partial charge in [-0.3, -0.25) is 9.59 Å². The second-order valence-corrected chi connectivity index (χ2v) is 8.97.